The SMILES string of the molecule is Cc1nccc(CNc2cc(C)c(C)cc2[N+](=O)[O-])n1. The Morgan fingerprint density at radius 2 is 1.95 bits per heavy atom. The third-order valence-electron chi connectivity index (χ3n) is 3.10. The van der Waals surface area contributed by atoms with Crippen molar-refractivity contribution in [2.24, 2.45) is 0 Å². The zero-order chi connectivity index (χ0) is 14.7. The summed E-state index contributed by atoms with van der Waals surface area (Å²) in [5.74, 6) is 0.680. The van der Waals surface area contributed by atoms with E-state index in [4.69, 9.17) is 0 Å². The predicted molar refractivity (Wildman–Crippen MR) is 76.7 cm³/mol. The van der Waals surface area contributed by atoms with Crippen molar-refractivity contribution >= 4 is 11.4 Å². The van der Waals surface area contributed by atoms with Crippen LogP contribution in [0.15, 0.2) is 24.4 Å². The molecule has 20 heavy (non-hydrogen) atoms. The number of nitrogens with one attached hydrogen (secondary N) is 1. The lowest BCUT2D eigenvalue weighted by atomic mass is 10.1. The van der Waals surface area contributed by atoms with Gasteiger partial charge < -0.3 is 5.32 Å². The second-order valence-electron chi connectivity index (χ2n) is 4.66. The Bertz CT molecular complexity index is 656. The molecule has 0 aliphatic carbocycles. The van der Waals surface area contributed by atoms with E-state index in [-0.39, 0.29) is 10.6 Å². The largest absolute Gasteiger partial charge is 0.374 e. The van der Waals surface area contributed by atoms with E-state index in [1.54, 1.807) is 24.4 Å². The summed E-state index contributed by atoms with van der Waals surface area (Å²) in [6, 6.07) is 5.16. The maximum absolute atomic E-state index is 11.1. The molecule has 104 valence electrons. The van der Waals surface area contributed by atoms with Crippen LogP contribution >= 0.6 is 0 Å². The average Bonchev–Trinajstić information content (AvgIpc) is 2.39. The quantitative estimate of drug-likeness (QED) is 0.683. The van der Waals surface area contributed by atoms with E-state index in [9.17, 15) is 10.1 Å². The van der Waals surface area contributed by atoms with Gasteiger partial charge in [0.25, 0.3) is 5.69 Å². The van der Waals surface area contributed by atoms with Gasteiger partial charge in [0, 0.05) is 12.3 Å². The number of aromatic nitrogens is 2. The summed E-state index contributed by atoms with van der Waals surface area (Å²) < 4.78 is 0. The zero-order valence-electron chi connectivity index (χ0n) is 11.7. The summed E-state index contributed by atoms with van der Waals surface area (Å²) in [7, 11) is 0. The molecule has 0 spiro atoms. The lowest BCUT2D eigenvalue weighted by molar-refractivity contribution is -0.384. The van der Waals surface area contributed by atoms with Crippen LogP contribution in [-0.2, 0) is 6.54 Å². The molecule has 0 fully saturated rings. The number of nitro groups is 1. The minimum atomic E-state index is -0.375. The summed E-state index contributed by atoms with van der Waals surface area (Å²) in [5, 5.41) is 14.2. The molecular formula is C14H16N4O2. The Balaban J connectivity index is 2.24. The summed E-state index contributed by atoms with van der Waals surface area (Å²) >= 11 is 0. The second kappa shape index (κ2) is 5.64. The molecular weight excluding hydrogens is 256 g/mol. The number of hydrogen-bond donors (Lipinski definition) is 1. The fraction of sp³-hybridized carbons (Fsp3) is 0.286. The van der Waals surface area contributed by atoms with E-state index in [0.29, 0.717) is 18.1 Å². The predicted octanol–water partition coefficient (Wildman–Crippen LogP) is 2.92. The van der Waals surface area contributed by atoms with E-state index >= 15 is 0 Å². The summed E-state index contributed by atoms with van der Waals surface area (Å²) in [6.45, 7) is 6.02. The molecule has 0 bridgehead atoms. The first-order valence-corrected chi connectivity index (χ1v) is 6.25. The van der Waals surface area contributed by atoms with Crippen LogP contribution in [0, 0.1) is 30.9 Å². The molecule has 6 heteroatoms. The monoisotopic (exact) mass is 272 g/mol. The van der Waals surface area contributed by atoms with Crippen molar-refractivity contribution in [3.05, 3.63) is 57.2 Å². The first kappa shape index (κ1) is 13.9. The highest BCUT2D eigenvalue weighted by molar-refractivity contribution is 5.64. The highest BCUT2D eigenvalue weighted by Gasteiger charge is 2.15. The van der Waals surface area contributed by atoms with Gasteiger partial charge in [-0.2, -0.15) is 0 Å². The van der Waals surface area contributed by atoms with Crippen LogP contribution in [0.1, 0.15) is 22.6 Å². The minimum Gasteiger partial charge on any atom is -0.374 e. The lowest BCUT2D eigenvalue weighted by Crippen LogP contribution is -2.06. The summed E-state index contributed by atoms with van der Waals surface area (Å²) in [4.78, 5) is 19.0. The smallest absolute Gasteiger partial charge is 0.292 e. The van der Waals surface area contributed by atoms with Gasteiger partial charge in [0.2, 0.25) is 0 Å². The van der Waals surface area contributed by atoms with Crippen molar-refractivity contribution < 1.29 is 4.92 Å². The van der Waals surface area contributed by atoms with Crippen molar-refractivity contribution in [1.82, 2.24) is 9.97 Å². The van der Waals surface area contributed by atoms with Gasteiger partial charge >= 0.3 is 0 Å². The highest BCUT2D eigenvalue weighted by atomic mass is 16.6. The number of rotatable bonds is 4. The molecule has 1 aromatic heterocycles. The molecule has 0 unspecified atom stereocenters. The third kappa shape index (κ3) is 3.09. The van der Waals surface area contributed by atoms with Gasteiger partial charge in [0.15, 0.2) is 0 Å². The number of aryl methyl sites for hydroxylation is 3. The van der Waals surface area contributed by atoms with E-state index in [1.165, 1.54) is 0 Å². The molecule has 1 heterocycles. The molecule has 2 rings (SSSR count). The van der Waals surface area contributed by atoms with Crippen LogP contribution in [-0.4, -0.2) is 14.9 Å². The van der Waals surface area contributed by atoms with Gasteiger partial charge in [-0.15, -0.1) is 0 Å². The molecule has 2 aromatic rings. The lowest BCUT2D eigenvalue weighted by Gasteiger charge is -2.09. The molecule has 0 saturated carbocycles. The molecule has 0 saturated heterocycles. The maximum atomic E-state index is 11.1. The van der Waals surface area contributed by atoms with Gasteiger partial charge in [0.05, 0.1) is 17.2 Å². The Morgan fingerprint density at radius 3 is 2.60 bits per heavy atom. The number of nitro benzene ring substituents is 1. The van der Waals surface area contributed by atoms with Gasteiger partial charge in [-0.3, -0.25) is 10.1 Å². The average molecular weight is 272 g/mol. The normalized spacial score (nSPS) is 10.3. The maximum Gasteiger partial charge on any atom is 0.292 e. The molecule has 0 atom stereocenters. The van der Waals surface area contributed by atoms with Crippen molar-refractivity contribution in [3.8, 4) is 0 Å². The Morgan fingerprint density at radius 1 is 1.25 bits per heavy atom. The van der Waals surface area contributed by atoms with E-state index in [2.05, 4.69) is 15.3 Å². The molecule has 0 radical (unpaired) electrons. The van der Waals surface area contributed by atoms with Crippen LogP contribution < -0.4 is 5.32 Å². The standard InChI is InChI=1S/C14H16N4O2/c1-9-6-13(14(18(19)20)7-10(9)2)16-8-12-4-5-15-11(3)17-12/h4-7,16H,8H2,1-3H3. The van der Waals surface area contributed by atoms with Crippen molar-refractivity contribution in [2.45, 2.75) is 27.3 Å². The molecule has 0 aliphatic rings. The Kier molecular flexibility index (Phi) is 3.93. The van der Waals surface area contributed by atoms with Gasteiger partial charge in [-0.1, -0.05) is 0 Å². The highest BCUT2D eigenvalue weighted by Crippen LogP contribution is 2.28. The molecule has 0 amide bonds. The van der Waals surface area contributed by atoms with Crippen LogP contribution in [0.2, 0.25) is 0 Å². The Labute approximate surface area is 117 Å². The van der Waals surface area contributed by atoms with Crippen molar-refractivity contribution in [1.29, 1.82) is 0 Å². The first-order chi connectivity index (χ1) is 9.47. The van der Waals surface area contributed by atoms with Crippen LogP contribution in [0.5, 0.6) is 0 Å². The van der Waals surface area contributed by atoms with Gasteiger partial charge in [-0.05, 0) is 44.0 Å². The fourth-order valence-corrected chi connectivity index (χ4v) is 1.88. The summed E-state index contributed by atoms with van der Waals surface area (Å²) in [6.07, 6.45) is 1.67. The van der Waals surface area contributed by atoms with E-state index in [1.807, 2.05) is 20.8 Å². The molecule has 0 aliphatic heterocycles. The number of nitrogens with zero attached hydrogens (tertiary/aromatic N) is 3. The zero-order valence-corrected chi connectivity index (χ0v) is 11.7. The Hall–Kier alpha value is -2.50. The topological polar surface area (TPSA) is 81.0 Å². The number of benzene rings is 1. The number of anilines is 1. The third-order valence-corrected chi connectivity index (χ3v) is 3.10. The van der Waals surface area contributed by atoms with Crippen molar-refractivity contribution in [2.75, 3.05) is 5.32 Å². The second-order valence-corrected chi connectivity index (χ2v) is 4.66. The van der Waals surface area contributed by atoms with Crippen LogP contribution in [0.25, 0.3) is 0 Å². The van der Waals surface area contributed by atoms with Gasteiger partial charge in [0.1, 0.15) is 11.5 Å². The fourth-order valence-electron chi connectivity index (χ4n) is 1.88. The van der Waals surface area contributed by atoms with Gasteiger partial charge in [-0.25, -0.2) is 9.97 Å². The number of hydrogen-bond acceptors (Lipinski definition) is 5. The van der Waals surface area contributed by atoms with Crippen LogP contribution in [0.4, 0.5) is 11.4 Å². The van der Waals surface area contributed by atoms with E-state index in [0.717, 1.165) is 16.8 Å². The summed E-state index contributed by atoms with van der Waals surface area (Å²) in [5.41, 5.74) is 3.30. The van der Waals surface area contributed by atoms with E-state index < -0.39 is 0 Å². The van der Waals surface area contributed by atoms with Crippen molar-refractivity contribution in [3.63, 3.8) is 0 Å². The molecule has 1 aromatic carbocycles. The first-order valence-electron chi connectivity index (χ1n) is 6.25. The minimum absolute atomic E-state index is 0.0823. The molecule has 6 nitrogen and oxygen atoms in total. The molecule has 1 N–H and O–H groups in total. The van der Waals surface area contributed by atoms with Crippen LogP contribution in [0.3, 0.4) is 0 Å².